The Morgan fingerprint density at radius 2 is 0.798 bits per heavy atom. The lowest BCUT2D eigenvalue weighted by Crippen LogP contribution is -2.41. The number of anilines is 12. The predicted molar refractivity (Wildman–Crippen MR) is 326 cm³/mol. The fourth-order valence-electron chi connectivity index (χ4n) is 6.80. The number of amides is 2. The number of aliphatic carboxylic acids is 4. The van der Waals surface area contributed by atoms with E-state index in [-0.39, 0.29) is 108 Å². The topological polar surface area (TPSA) is 706 Å². The van der Waals surface area contributed by atoms with Crippen LogP contribution in [0.5, 0.6) is 0 Å². The Morgan fingerprint density at radius 1 is 0.449 bits per heavy atom. The number of nitrogens with zero attached hydrogens (tertiary/aromatic N) is 14. The summed E-state index contributed by atoms with van der Waals surface area (Å²) in [5, 5.41) is 52.4. The summed E-state index contributed by atoms with van der Waals surface area (Å²) in [6.45, 7) is 0.0985. The van der Waals surface area contributed by atoms with Gasteiger partial charge in [-0.25, -0.2) is 39.5 Å². The fraction of sp³-hybridized carbons (Fsp3) is 0.184. The van der Waals surface area contributed by atoms with Gasteiger partial charge in [0.1, 0.15) is 17.8 Å². The summed E-state index contributed by atoms with van der Waals surface area (Å²) in [6, 6.07) is 9.70. The van der Waals surface area contributed by atoms with Crippen LogP contribution < -0.4 is 79.0 Å². The van der Waals surface area contributed by atoms with Crippen molar-refractivity contribution in [2.75, 3.05) is 68.4 Å². The number of halogens is 1. The number of carboxylic acid groups (broad SMARTS) is 4. The maximum absolute atomic E-state index is 12.3. The zero-order chi connectivity index (χ0) is 65.6. The minimum atomic E-state index is -1.30. The molecule has 0 aliphatic heterocycles. The van der Waals surface area contributed by atoms with Crippen LogP contribution in [0.2, 0.25) is 0 Å². The SMILES string of the molecule is Nc1ccc(C(=O)NC(CCC(=O)O)C(=O)O)cc1.Nc1nc(N)c(N)c(N)n1.Nc1nc(N)c2nc(CBr)cnc2n1.Nc1nc(N)c2nc(CNc3ccc(C(=O)NC(CCC(=O)O)C(=O)O)cc3)cnc2n1.Nc1nc(N)c2nc(CO)cnc2n1. The molecule has 466 valence electrons. The molecule has 0 spiro atoms. The first-order valence-electron chi connectivity index (χ1n) is 25.1. The number of hydrogen-bond donors (Lipinski definition) is 19. The molecule has 0 saturated heterocycles. The van der Waals surface area contributed by atoms with Crippen molar-refractivity contribution in [2.24, 2.45) is 0 Å². The van der Waals surface area contributed by atoms with Crippen molar-refractivity contribution in [1.29, 1.82) is 0 Å². The van der Waals surface area contributed by atoms with E-state index in [2.05, 4.69) is 102 Å². The van der Waals surface area contributed by atoms with Gasteiger partial charge < -0.3 is 105 Å². The number of fused-ring (bicyclic) bond motifs is 3. The van der Waals surface area contributed by atoms with Gasteiger partial charge in [-0.2, -0.15) is 39.9 Å². The van der Waals surface area contributed by atoms with Crippen LogP contribution in [0.3, 0.4) is 0 Å². The lowest BCUT2D eigenvalue weighted by molar-refractivity contribution is -0.142. The van der Waals surface area contributed by atoms with Gasteiger partial charge in [0.05, 0.1) is 48.8 Å². The van der Waals surface area contributed by atoms with E-state index in [1.165, 1.54) is 48.8 Å². The summed E-state index contributed by atoms with van der Waals surface area (Å²) in [4.78, 5) is 122. The summed E-state index contributed by atoms with van der Waals surface area (Å²) in [7, 11) is 0. The second-order valence-corrected chi connectivity index (χ2v) is 18.3. The van der Waals surface area contributed by atoms with Gasteiger partial charge in [0, 0.05) is 40.7 Å². The van der Waals surface area contributed by atoms with E-state index in [4.69, 9.17) is 88.6 Å². The van der Waals surface area contributed by atoms with Crippen LogP contribution >= 0.6 is 15.9 Å². The third-order valence-electron chi connectivity index (χ3n) is 11.1. The zero-order valence-corrected chi connectivity index (χ0v) is 47.7. The molecule has 0 radical (unpaired) electrons. The molecule has 2 aromatic carbocycles. The van der Waals surface area contributed by atoms with Gasteiger partial charge in [0.15, 0.2) is 62.6 Å². The van der Waals surface area contributed by atoms with Crippen LogP contribution in [0.4, 0.5) is 69.9 Å². The Balaban J connectivity index is 0.000000216. The molecule has 0 fully saturated rings. The second-order valence-electron chi connectivity index (χ2n) is 17.7. The maximum Gasteiger partial charge on any atom is 0.326 e. The molecule has 39 nitrogen and oxygen atoms in total. The van der Waals surface area contributed by atoms with Crippen molar-refractivity contribution in [3.63, 3.8) is 0 Å². The summed E-state index contributed by atoms with van der Waals surface area (Å²) in [6.07, 6.45) is 3.45. The molecule has 2 amide bonds. The van der Waals surface area contributed by atoms with E-state index in [1.807, 2.05) is 0 Å². The van der Waals surface area contributed by atoms with Crippen molar-refractivity contribution in [2.45, 2.75) is 56.2 Å². The van der Waals surface area contributed by atoms with Gasteiger partial charge in [-0.05, 0) is 61.4 Å². The number of carboxylic acids is 4. The highest BCUT2D eigenvalue weighted by Gasteiger charge is 2.23. The molecule has 30 N–H and O–H groups in total. The van der Waals surface area contributed by atoms with E-state index >= 15 is 0 Å². The Labute approximate surface area is 508 Å². The summed E-state index contributed by atoms with van der Waals surface area (Å²) >= 11 is 3.27. The first-order chi connectivity index (χ1) is 42.1. The number of nitrogens with two attached hydrogens (primary N) is 11. The minimum Gasteiger partial charge on any atom is -0.481 e. The molecular formula is C49H57BrN28O11. The molecule has 0 aliphatic rings. The van der Waals surface area contributed by atoms with Crippen molar-refractivity contribution < 1.29 is 54.3 Å². The smallest absolute Gasteiger partial charge is 0.326 e. The standard InChI is InChI=1S/C19H20N8O5.C12H14N2O5.C7H7BrN6.C7H8N6O.C4H8N6/c20-15-14-16(27-19(21)26-15)23-8-11(24-14)7-22-10-3-1-9(2-4-10)17(30)25-12(18(31)32)5-6-13(28)29;13-8-3-1-7(2-4-8)11(17)14-9(12(18)19)5-6-10(15)16;8-1-3-2-11-6-4(12-3)5(9)13-7(10)14-6;8-5-4-6(13-7(9)12-5)10-1-3(2-14)11-4;5-1-2(6)9-4(8)10-3(1)7/h1-4,8,12,22H,5-7H2,(H,25,30)(H,28,29)(H,31,32)(H4,20,21,23,26,27);1-4,9H,5-6,13H2,(H,14,17)(H,15,16)(H,18,19);2H,1H2,(H4,9,10,11,13,14);1,14H,2H2,(H4,8,9,10,12,13);5H2,(H6,6,7,8,9,10). The van der Waals surface area contributed by atoms with E-state index in [1.54, 1.807) is 18.3 Å². The van der Waals surface area contributed by atoms with Crippen LogP contribution in [0.25, 0.3) is 33.5 Å². The number of aromatic nitrogens is 14. The number of carbonyl (C=O) groups excluding carboxylic acids is 2. The number of rotatable bonds is 17. The Morgan fingerprint density at radius 3 is 1.18 bits per heavy atom. The van der Waals surface area contributed by atoms with E-state index in [0.29, 0.717) is 62.5 Å². The number of nitrogens with one attached hydrogen (secondary N) is 3. The maximum atomic E-state index is 12.3. The molecule has 0 bridgehead atoms. The van der Waals surface area contributed by atoms with Crippen LogP contribution in [-0.4, -0.2) is 143 Å². The molecule has 0 aliphatic carbocycles. The van der Waals surface area contributed by atoms with Gasteiger partial charge in [-0.3, -0.25) is 19.2 Å². The van der Waals surface area contributed by atoms with Crippen molar-refractivity contribution in [3.05, 3.63) is 95.3 Å². The molecular weight excluding hydrogens is 1240 g/mol. The monoisotopic (exact) mass is 1290 g/mol. The average Bonchev–Trinajstić information content (AvgIpc) is 2.25. The third kappa shape index (κ3) is 20.4. The minimum absolute atomic E-state index is 0.0101. The molecule has 89 heavy (non-hydrogen) atoms. The summed E-state index contributed by atoms with van der Waals surface area (Å²) in [5.74, 6) is -5.06. The van der Waals surface area contributed by atoms with E-state index in [9.17, 15) is 28.8 Å². The normalized spacial score (nSPS) is 11.1. The number of aliphatic hydroxyl groups is 1. The van der Waals surface area contributed by atoms with Gasteiger partial charge >= 0.3 is 23.9 Å². The Bertz CT molecular complexity index is 3910. The van der Waals surface area contributed by atoms with Crippen molar-refractivity contribution in [1.82, 2.24) is 80.4 Å². The molecule has 7 heterocycles. The number of alkyl halides is 1. The fourth-order valence-corrected chi connectivity index (χ4v) is 7.07. The second kappa shape index (κ2) is 31.5. The number of aliphatic hydroxyl groups excluding tert-OH is 1. The van der Waals surface area contributed by atoms with E-state index in [0.717, 1.165) is 5.69 Å². The average molecular weight is 1290 g/mol. The van der Waals surface area contributed by atoms with Crippen LogP contribution in [-0.2, 0) is 37.7 Å². The molecule has 2 unspecified atom stereocenters. The molecule has 7 aromatic heterocycles. The third-order valence-corrected chi connectivity index (χ3v) is 11.7. The molecule has 2 atom stereocenters. The van der Waals surface area contributed by atoms with Gasteiger partial charge in [-0.1, -0.05) is 15.9 Å². The summed E-state index contributed by atoms with van der Waals surface area (Å²) in [5.41, 5.74) is 65.7. The zero-order valence-electron chi connectivity index (χ0n) is 46.1. The number of nitrogen functional groups attached to an aromatic ring is 11. The van der Waals surface area contributed by atoms with Crippen molar-refractivity contribution >= 4 is 155 Å². The largest absolute Gasteiger partial charge is 0.481 e. The first-order valence-corrected chi connectivity index (χ1v) is 26.2. The lowest BCUT2D eigenvalue weighted by atomic mass is 10.1. The van der Waals surface area contributed by atoms with E-state index < -0.39 is 47.8 Å². The van der Waals surface area contributed by atoms with Crippen LogP contribution in [0, 0.1) is 0 Å². The Kier molecular flexibility index (Phi) is 23.9. The Hall–Kier alpha value is -12.4. The molecule has 9 aromatic rings. The van der Waals surface area contributed by atoms with Crippen LogP contribution in [0.1, 0.15) is 63.5 Å². The van der Waals surface area contributed by atoms with Crippen molar-refractivity contribution in [3.8, 4) is 0 Å². The molecule has 9 rings (SSSR count). The first kappa shape index (κ1) is 67.4. The van der Waals surface area contributed by atoms with Crippen LogP contribution in [0.15, 0.2) is 67.1 Å². The van der Waals surface area contributed by atoms with Gasteiger partial charge in [0.2, 0.25) is 23.8 Å². The molecule has 40 heteroatoms. The van der Waals surface area contributed by atoms with Gasteiger partial charge in [-0.15, -0.1) is 0 Å². The number of benzene rings is 2. The highest BCUT2D eigenvalue weighted by molar-refractivity contribution is 9.08. The highest BCUT2D eigenvalue weighted by atomic mass is 79.9. The van der Waals surface area contributed by atoms with Gasteiger partial charge in [0.25, 0.3) is 11.8 Å². The predicted octanol–water partition coefficient (Wildman–Crippen LogP) is -1.08. The highest BCUT2D eigenvalue weighted by Crippen LogP contribution is 2.20. The number of carbonyl (C=O) groups is 6. The number of hydrogen-bond acceptors (Lipinski definition) is 33. The lowest BCUT2D eigenvalue weighted by Gasteiger charge is -2.14. The summed E-state index contributed by atoms with van der Waals surface area (Å²) < 4.78 is 0. The quantitative estimate of drug-likeness (QED) is 0.0381. The molecule has 0 saturated carbocycles.